The molecule has 1 aromatic rings. The standard InChI is InChI=1S/C19H20N4O3S/c1-4-12(11-21-2)5-8-17(24)23-18-15(10-20)14-7-6-13(9-16(14)27-18)26-19(25)22-3/h4-5,8,11,13H,1-2,6-7,9H2,3H3,(H,22,25)(H,23,24)/b8-5+,12-11+. The molecule has 1 atom stereocenters. The fourth-order valence-corrected chi connectivity index (χ4v) is 3.93. The fraction of sp³-hybridized carbons (Fsp3) is 0.263. The van der Waals surface area contributed by atoms with Crippen LogP contribution in [0, 0.1) is 11.3 Å². The molecule has 0 saturated heterocycles. The van der Waals surface area contributed by atoms with Crippen molar-refractivity contribution < 1.29 is 14.3 Å². The summed E-state index contributed by atoms with van der Waals surface area (Å²) in [5.74, 6) is -0.361. The van der Waals surface area contributed by atoms with E-state index in [1.807, 2.05) is 0 Å². The first-order chi connectivity index (χ1) is 13.0. The molecule has 2 N–H and O–H groups in total. The molecule has 0 spiro atoms. The second-order valence-electron chi connectivity index (χ2n) is 5.68. The molecule has 27 heavy (non-hydrogen) atoms. The van der Waals surface area contributed by atoms with Crippen LogP contribution >= 0.6 is 11.3 Å². The van der Waals surface area contributed by atoms with Gasteiger partial charge in [0, 0.05) is 30.6 Å². The van der Waals surface area contributed by atoms with Crippen LogP contribution in [0.2, 0.25) is 0 Å². The van der Waals surface area contributed by atoms with Crippen LogP contribution in [0.5, 0.6) is 0 Å². The van der Waals surface area contributed by atoms with Gasteiger partial charge in [-0.1, -0.05) is 12.7 Å². The van der Waals surface area contributed by atoms with Crippen LogP contribution in [0.4, 0.5) is 9.80 Å². The minimum atomic E-state index is -0.473. The molecule has 8 heteroatoms. The summed E-state index contributed by atoms with van der Waals surface area (Å²) in [5, 5.41) is 15.2. The third-order valence-corrected chi connectivity index (χ3v) is 5.12. The predicted octanol–water partition coefficient (Wildman–Crippen LogP) is 3.10. The van der Waals surface area contributed by atoms with E-state index in [1.54, 1.807) is 12.2 Å². The number of alkyl carbamates (subject to hydrolysis) is 1. The van der Waals surface area contributed by atoms with E-state index in [-0.39, 0.29) is 12.0 Å². The summed E-state index contributed by atoms with van der Waals surface area (Å²) in [6.07, 6.45) is 7.01. The number of ether oxygens (including phenoxy) is 1. The Labute approximate surface area is 161 Å². The topological polar surface area (TPSA) is 104 Å². The first kappa shape index (κ1) is 20.1. The molecule has 1 aromatic heterocycles. The average Bonchev–Trinajstić information content (AvgIpc) is 3.00. The lowest BCUT2D eigenvalue weighted by atomic mass is 9.94. The summed E-state index contributed by atoms with van der Waals surface area (Å²) >= 11 is 1.34. The van der Waals surface area contributed by atoms with Crippen LogP contribution in [-0.4, -0.2) is 31.9 Å². The zero-order valence-corrected chi connectivity index (χ0v) is 15.8. The SMILES string of the molecule is C=CC(/C=C/C(=O)Nc1sc2c(c1C#N)CCC(OC(=O)NC)C2)=C\N=C. The number of nitriles is 1. The fourth-order valence-electron chi connectivity index (χ4n) is 2.67. The number of thiophene rings is 1. The quantitative estimate of drug-likeness (QED) is 0.447. The lowest BCUT2D eigenvalue weighted by molar-refractivity contribution is -0.111. The first-order valence-electron chi connectivity index (χ1n) is 8.22. The second-order valence-corrected chi connectivity index (χ2v) is 6.78. The molecule has 1 unspecified atom stereocenters. The van der Waals surface area contributed by atoms with E-state index in [0.29, 0.717) is 35.4 Å². The number of aliphatic imine (C=N–C) groups is 1. The maximum Gasteiger partial charge on any atom is 0.407 e. The molecule has 1 aliphatic carbocycles. The normalized spacial score (nSPS) is 16.1. The summed E-state index contributed by atoms with van der Waals surface area (Å²) in [6, 6.07) is 2.17. The smallest absolute Gasteiger partial charge is 0.407 e. The third-order valence-electron chi connectivity index (χ3n) is 3.95. The number of fused-ring (bicyclic) bond motifs is 1. The Morgan fingerprint density at radius 2 is 2.22 bits per heavy atom. The van der Waals surface area contributed by atoms with Crippen LogP contribution in [-0.2, 0) is 22.4 Å². The number of amides is 2. The molecule has 0 bridgehead atoms. The van der Waals surface area contributed by atoms with E-state index >= 15 is 0 Å². The van der Waals surface area contributed by atoms with Gasteiger partial charge >= 0.3 is 6.09 Å². The lowest BCUT2D eigenvalue weighted by Crippen LogP contribution is -2.29. The van der Waals surface area contributed by atoms with Crippen molar-refractivity contribution in [3.63, 3.8) is 0 Å². The van der Waals surface area contributed by atoms with E-state index in [9.17, 15) is 14.9 Å². The zero-order chi connectivity index (χ0) is 19.8. The minimum Gasteiger partial charge on any atom is -0.446 e. The number of carbonyl (C=O) groups is 2. The van der Waals surface area contributed by atoms with Crippen LogP contribution in [0.1, 0.15) is 22.4 Å². The summed E-state index contributed by atoms with van der Waals surface area (Å²) < 4.78 is 5.31. The van der Waals surface area contributed by atoms with E-state index < -0.39 is 6.09 Å². The van der Waals surface area contributed by atoms with Gasteiger partial charge in [0.1, 0.15) is 17.2 Å². The molecular formula is C19H20N4O3S. The highest BCUT2D eigenvalue weighted by atomic mass is 32.1. The van der Waals surface area contributed by atoms with Crippen LogP contribution in [0.3, 0.4) is 0 Å². The summed E-state index contributed by atoms with van der Waals surface area (Å²) in [5.41, 5.74) is 2.03. The van der Waals surface area contributed by atoms with Crippen molar-refractivity contribution in [1.82, 2.24) is 5.32 Å². The van der Waals surface area contributed by atoms with Crippen molar-refractivity contribution in [1.29, 1.82) is 5.26 Å². The van der Waals surface area contributed by atoms with E-state index in [1.165, 1.54) is 30.7 Å². The van der Waals surface area contributed by atoms with Gasteiger partial charge < -0.3 is 15.4 Å². The number of anilines is 1. The Hall–Kier alpha value is -3.18. The average molecular weight is 384 g/mol. The number of rotatable bonds is 6. The van der Waals surface area contributed by atoms with Gasteiger partial charge in [-0.15, -0.1) is 11.3 Å². The van der Waals surface area contributed by atoms with Crippen LogP contribution < -0.4 is 10.6 Å². The molecular weight excluding hydrogens is 364 g/mol. The number of nitrogens with zero attached hydrogens (tertiary/aromatic N) is 2. The largest absolute Gasteiger partial charge is 0.446 e. The van der Waals surface area contributed by atoms with Gasteiger partial charge in [-0.3, -0.25) is 9.79 Å². The molecule has 7 nitrogen and oxygen atoms in total. The molecule has 2 amide bonds. The van der Waals surface area contributed by atoms with Crippen LogP contribution in [0.25, 0.3) is 0 Å². The Morgan fingerprint density at radius 3 is 2.85 bits per heavy atom. The lowest BCUT2D eigenvalue weighted by Gasteiger charge is -2.22. The van der Waals surface area contributed by atoms with Gasteiger partial charge in [0.05, 0.1) is 5.56 Å². The Bertz CT molecular complexity index is 861. The number of nitrogens with one attached hydrogen (secondary N) is 2. The highest BCUT2D eigenvalue weighted by molar-refractivity contribution is 7.16. The molecule has 1 heterocycles. The van der Waals surface area contributed by atoms with Crippen molar-refractivity contribution in [3.8, 4) is 6.07 Å². The predicted molar refractivity (Wildman–Crippen MR) is 106 cm³/mol. The third kappa shape index (κ3) is 5.15. The van der Waals surface area contributed by atoms with E-state index in [2.05, 4.69) is 35.0 Å². The first-order valence-corrected chi connectivity index (χ1v) is 9.04. The summed E-state index contributed by atoms with van der Waals surface area (Å²) in [7, 11) is 1.51. The van der Waals surface area contributed by atoms with Gasteiger partial charge in [0.25, 0.3) is 0 Å². The molecule has 2 rings (SSSR count). The monoisotopic (exact) mass is 384 g/mol. The van der Waals surface area contributed by atoms with Crippen molar-refractivity contribution in [2.75, 3.05) is 12.4 Å². The van der Waals surface area contributed by atoms with Crippen molar-refractivity contribution in [3.05, 3.63) is 52.6 Å². The molecule has 0 aliphatic heterocycles. The molecule has 0 fully saturated rings. The van der Waals surface area contributed by atoms with Gasteiger partial charge in [-0.05, 0) is 36.8 Å². The molecule has 140 valence electrons. The van der Waals surface area contributed by atoms with Gasteiger partial charge in [-0.25, -0.2) is 4.79 Å². The van der Waals surface area contributed by atoms with Crippen molar-refractivity contribution in [2.45, 2.75) is 25.4 Å². The number of hydrogen-bond donors (Lipinski definition) is 2. The molecule has 0 radical (unpaired) electrons. The second kappa shape index (κ2) is 9.50. The molecule has 0 saturated carbocycles. The summed E-state index contributed by atoms with van der Waals surface area (Å²) in [4.78, 5) is 28.2. The highest BCUT2D eigenvalue weighted by Crippen LogP contribution is 2.38. The Balaban J connectivity index is 2.14. The summed E-state index contributed by atoms with van der Waals surface area (Å²) in [6.45, 7) is 6.98. The number of carbonyl (C=O) groups excluding carboxylic acids is 2. The van der Waals surface area contributed by atoms with Crippen LogP contribution in [0.15, 0.2) is 41.6 Å². The van der Waals surface area contributed by atoms with E-state index in [4.69, 9.17) is 4.74 Å². The maximum absolute atomic E-state index is 12.2. The van der Waals surface area contributed by atoms with Gasteiger partial charge in [0.15, 0.2) is 0 Å². The molecule has 1 aliphatic rings. The van der Waals surface area contributed by atoms with Crippen molar-refractivity contribution in [2.24, 2.45) is 4.99 Å². The van der Waals surface area contributed by atoms with Gasteiger partial charge in [-0.2, -0.15) is 5.26 Å². The molecule has 0 aromatic carbocycles. The zero-order valence-electron chi connectivity index (χ0n) is 14.9. The van der Waals surface area contributed by atoms with E-state index in [0.717, 1.165) is 10.4 Å². The number of hydrogen-bond acceptors (Lipinski definition) is 6. The number of allylic oxidation sites excluding steroid dienone is 3. The minimum absolute atomic E-state index is 0.238. The highest BCUT2D eigenvalue weighted by Gasteiger charge is 2.28. The van der Waals surface area contributed by atoms with Crippen molar-refractivity contribution >= 4 is 35.1 Å². The Kier molecular flexibility index (Phi) is 7.08. The van der Waals surface area contributed by atoms with Gasteiger partial charge in [0.2, 0.25) is 5.91 Å². The Morgan fingerprint density at radius 1 is 1.44 bits per heavy atom. The maximum atomic E-state index is 12.2.